The molecule has 0 spiro atoms. The second-order valence-corrected chi connectivity index (χ2v) is 7.46. The molecule has 0 N–H and O–H groups in total. The zero-order valence-electron chi connectivity index (χ0n) is 13.6. The summed E-state index contributed by atoms with van der Waals surface area (Å²) in [6, 6.07) is 2.22. The van der Waals surface area contributed by atoms with E-state index in [0.717, 1.165) is 43.0 Å². The van der Waals surface area contributed by atoms with Crippen LogP contribution in [-0.2, 0) is 11.9 Å². The molecule has 2 aromatic rings. The molecular formula is C15H22ClN5OS. The molecule has 23 heavy (non-hydrogen) atoms. The first-order valence-electron chi connectivity index (χ1n) is 7.85. The van der Waals surface area contributed by atoms with Crippen LogP contribution in [0, 0.1) is 12.8 Å². The predicted molar refractivity (Wildman–Crippen MR) is 94.4 cm³/mol. The quantitative estimate of drug-likeness (QED) is 0.806. The van der Waals surface area contributed by atoms with E-state index in [-0.39, 0.29) is 11.9 Å². The molecule has 3 heterocycles. The van der Waals surface area contributed by atoms with E-state index in [1.807, 2.05) is 17.3 Å². The van der Waals surface area contributed by atoms with Gasteiger partial charge in [0.1, 0.15) is 17.0 Å². The van der Waals surface area contributed by atoms with E-state index in [4.69, 9.17) is 11.6 Å². The minimum Gasteiger partial charge on any atom is -0.354 e. The van der Waals surface area contributed by atoms with Crippen LogP contribution in [0.2, 0.25) is 5.15 Å². The Bertz CT molecular complexity index is 713. The fourth-order valence-corrected chi connectivity index (χ4v) is 3.70. The Morgan fingerprint density at radius 2 is 2.22 bits per heavy atom. The number of thiol groups is 1. The number of aryl methyl sites for hydroxylation is 1. The van der Waals surface area contributed by atoms with Gasteiger partial charge in [-0.25, -0.2) is 18.0 Å². The van der Waals surface area contributed by atoms with Gasteiger partial charge in [0, 0.05) is 25.7 Å². The molecule has 1 aliphatic heterocycles. The number of nitrogens with zero attached hydrogens (tertiary/aromatic N) is 5. The highest BCUT2D eigenvalue weighted by atomic mass is 35.5. The lowest BCUT2D eigenvalue weighted by Gasteiger charge is -2.41. The maximum Gasteiger partial charge on any atom is 0.156 e. The van der Waals surface area contributed by atoms with Crippen molar-refractivity contribution >= 4 is 34.8 Å². The molecule has 0 aromatic carbocycles. The molecule has 8 heteroatoms. The number of halogens is 1. The number of anilines is 1. The Balaban J connectivity index is 1.65. The zero-order chi connectivity index (χ0) is 16.6. The highest BCUT2D eigenvalue weighted by Crippen LogP contribution is 2.31. The van der Waals surface area contributed by atoms with E-state index >= 15 is 0 Å². The predicted octanol–water partition coefficient (Wildman–Crippen LogP) is 2.09. The third-order valence-corrected chi connectivity index (χ3v) is 5.55. The van der Waals surface area contributed by atoms with Gasteiger partial charge in [-0.05, 0) is 44.7 Å². The van der Waals surface area contributed by atoms with Gasteiger partial charge >= 0.3 is 0 Å². The van der Waals surface area contributed by atoms with Gasteiger partial charge in [-0.3, -0.25) is 0 Å². The molecule has 1 fully saturated rings. The van der Waals surface area contributed by atoms with Gasteiger partial charge in [0.2, 0.25) is 0 Å². The fraction of sp³-hybridized carbons (Fsp3) is 0.600. The Morgan fingerprint density at radius 1 is 1.48 bits per heavy atom. The van der Waals surface area contributed by atoms with Crippen LogP contribution in [0.15, 0.2) is 12.4 Å². The Kier molecular flexibility index (Phi) is 4.89. The summed E-state index contributed by atoms with van der Waals surface area (Å²) in [5.74, 6) is 1.56. The summed E-state index contributed by atoms with van der Waals surface area (Å²) >= 11 is 6.31. The highest BCUT2D eigenvalue weighted by Gasteiger charge is 2.30. The van der Waals surface area contributed by atoms with Gasteiger partial charge in [0.25, 0.3) is 0 Å². The third-order valence-electron chi connectivity index (χ3n) is 4.41. The lowest BCUT2D eigenvalue weighted by molar-refractivity contribution is 0.309. The largest absolute Gasteiger partial charge is 0.354 e. The number of fused-ring (bicyclic) bond motifs is 1. The van der Waals surface area contributed by atoms with Crippen molar-refractivity contribution in [2.75, 3.05) is 24.5 Å². The minimum absolute atomic E-state index is 0.115. The van der Waals surface area contributed by atoms with Crippen LogP contribution in [0.25, 0.3) is 5.52 Å². The second-order valence-electron chi connectivity index (χ2n) is 6.39. The molecule has 0 atom stereocenters. The van der Waals surface area contributed by atoms with Crippen LogP contribution in [0.5, 0.6) is 0 Å². The molecule has 0 amide bonds. The van der Waals surface area contributed by atoms with Gasteiger partial charge in [-0.15, -0.1) is 0 Å². The Morgan fingerprint density at radius 3 is 2.87 bits per heavy atom. The average molecular weight is 356 g/mol. The van der Waals surface area contributed by atoms with Gasteiger partial charge < -0.3 is 4.90 Å². The van der Waals surface area contributed by atoms with E-state index in [9.17, 15) is 4.21 Å². The maximum atomic E-state index is 11.1. The zero-order valence-corrected chi connectivity index (χ0v) is 15.3. The summed E-state index contributed by atoms with van der Waals surface area (Å²) < 4.78 is 14.8. The molecular weight excluding hydrogens is 334 g/mol. The molecule has 0 aliphatic carbocycles. The highest BCUT2D eigenvalue weighted by molar-refractivity contribution is 7.63. The summed E-state index contributed by atoms with van der Waals surface area (Å²) in [7, 11) is 0. The molecule has 126 valence electrons. The van der Waals surface area contributed by atoms with Crippen molar-refractivity contribution in [3.8, 4) is 0 Å². The molecule has 0 unspecified atom stereocenters. The van der Waals surface area contributed by atoms with Crippen molar-refractivity contribution in [1.29, 1.82) is 0 Å². The van der Waals surface area contributed by atoms with E-state index in [1.54, 1.807) is 10.8 Å². The molecule has 0 radical (unpaired) electrons. The topological polar surface area (TPSA) is 53.7 Å². The van der Waals surface area contributed by atoms with Crippen molar-refractivity contribution in [3.05, 3.63) is 23.1 Å². The van der Waals surface area contributed by atoms with Crippen LogP contribution < -0.4 is 4.90 Å². The van der Waals surface area contributed by atoms with Crippen LogP contribution in [-0.4, -0.2) is 48.8 Å². The normalized spacial score (nSPS) is 15.8. The summed E-state index contributed by atoms with van der Waals surface area (Å²) in [5.41, 5.74) is 2.07. The van der Waals surface area contributed by atoms with Crippen molar-refractivity contribution in [3.63, 3.8) is 0 Å². The van der Waals surface area contributed by atoms with Crippen LogP contribution in [0.1, 0.15) is 25.8 Å². The van der Waals surface area contributed by atoms with E-state index < -0.39 is 0 Å². The molecule has 2 aromatic heterocycles. The first kappa shape index (κ1) is 16.7. The summed E-state index contributed by atoms with van der Waals surface area (Å²) in [4.78, 5) is 6.71. The van der Waals surface area contributed by atoms with Gasteiger partial charge in [0.15, 0.2) is 5.82 Å². The number of aromatic nitrogens is 3. The van der Waals surface area contributed by atoms with E-state index in [0.29, 0.717) is 17.1 Å². The van der Waals surface area contributed by atoms with E-state index in [2.05, 4.69) is 28.8 Å². The summed E-state index contributed by atoms with van der Waals surface area (Å²) in [6.07, 6.45) is 2.60. The SMILES string of the molecule is Cc1cc(Cl)n2ncnc(N3CC(CCN([SH]=O)C(C)C)C3)c12. The van der Waals surface area contributed by atoms with Gasteiger partial charge in [-0.1, -0.05) is 11.6 Å². The van der Waals surface area contributed by atoms with Gasteiger partial charge in [-0.2, -0.15) is 5.10 Å². The van der Waals surface area contributed by atoms with Crippen molar-refractivity contribution in [2.45, 2.75) is 33.2 Å². The first-order valence-corrected chi connectivity index (χ1v) is 8.99. The minimum atomic E-state index is 0.115. The molecule has 1 aliphatic rings. The monoisotopic (exact) mass is 355 g/mol. The third kappa shape index (κ3) is 3.22. The number of rotatable bonds is 6. The van der Waals surface area contributed by atoms with E-state index in [1.165, 1.54) is 0 Å². The molecule has 0 bridgehead atoms. The molecule has 3 rings (SSSR count). The molecule has 1 saturated heterocycles. The van der Waals surface area contributed by atoms with Crippen molar-refractivity contribution in [2.24, 2.45) is 5.92 Å². The van der Waals surface area contributed by atoms with Crippen molar-refractivity contribution in [1.82, 2.24) is 18.9 Å². The summed E-state index contributed by atoms with van der Waals surface area (Å²) in [6.45, 7) is 8.95. The standard InChI is InChI=1S/C15H22ClN5OS/c1-10(2)20(23-22)5-4-12-7-19(8-12)15-14-11(3)6-13(16)21(14)18-9-17-15/h6,9-10,12,23H,4-5,7-8H2,1-3H3. The first-order chi connectivity index (χ1) is 11.0. The molecule has 6 nitrogen and oxygen atoms in total. The van der Waals surface area contributed by atoms with Crippen LogP contribution in [0.3, 0.4) is 0 Å². The van der Waals surface area contributed by atoms with Gasteiger partial charge in [0.05, 0.1) is 11.9 Å². The van der Waals surface area contributed by atoms with Crippen LogP contribution >= 0.6 is 11.6 Å². The fourth-order valence-electron chi connectivity index (χ4n) is 3.02. The van der Waals surface area contributed by atoms with Crippen LogP contribution in [0.4, 0.5) is 5.82 Å². The number of hydrogen-bond acceptors (Lipinski definition) is 4. The smallest absolute Gasteiger partial charge is 0.156 e. The average Bonchev–Trinajstić information content (AvgIpc) is 2.76. The Labute approximate surface area is 145 Å². The second kappa shape index (κ2) is 6.75. The number of hydrogen-bond donors (Lipinski definition) is 1. The summed E-state index contributed by atoms with van der Waals surface area (Å²) in [5, 5.41) is 4.83. The lowest BCUT2D eigenvalue weighted by Crippen LogP contribution is -2.48. The Hall–Kier alpha value is -1.18. The maximum absolute atomic E-state index is 11.1. The van der Waals surface area contributed by atoms with Crippen molar-refractivity contribution < 1.29 is 4.21 Å². The lowest BCUT2D eigenvalue weighted by atomic mass is 9.96. The molecule has 0 saturated carbocycles.